The maximum Gasteiger partial charge on any atom is 0.303 e. The maximum atomic E-state index is 10.4. The molecule has 0 fully saturated rings. The molecule has 0 radical (unpaired) electrons. The van der Waals surface area contributed by atoms with E-state index in [0.717, 1.165) is 5.56 Å². The molecule has 0 unspecified atom stereocenters. The summed E-state index contributed by atoms with van der Waals surface area (Å²) in [5.41, 5.74) is 9.37. The van der Waals surface area contributed by atoms with E-state index in [1.165, 1.54) is 0 Å². The third-order valence-corrected chi connectivity index (χ3v) is 2.24. The summed E-state index contributed by atoms with van der Waals surface area (Å²) in [6.45, 7) is 0. The first-order valence-corrected chi connectivity index (χ1v) is 5.05. The summed E-state index contributed by atoms with van der Waals surface area (Å²) < 4.78 is 0. The van der Waals surface area contributed by atoms with Crippen molar-refractivity contribution >= 4 is 5.97 Å². The van der Waals surface area contributed by atoms with Crippen LogP contribution in [0.4, 0.5) is 0 Å². The Kier molecular flexibility index (Phi) is 4.89. The van der Waals surface area contributed by atoms with Gasteiger partial charge in [0.2, 0.25) is 0 Å². The van der Waals surface area contributed by atoms with Crippen LogP contribution in [0.2, 0.25) is 0 Å². The minimum Gasteiger partial charge on any atom is -0.481 e. The number of benzene rings is 1. The van der Waals surface area contributed by atoms with Crippen molar-refractivity contribution in [3.63, 3.8) is 0 Å². The van der Waals surface area contributed by atoms with Crippen LogP contribution in [0.25, 0.3) is 10.4 Å². The Labute approximate surface area is 93.3 Å². The fourth-order valence-electron chi connectivity index (χ4n) is 1.48. The molecule has 0 bridgehead atoms. The van der Waals surface area contributed by atoms with Gasteiger partial charge in [0, 0.05) is 11.3 Å². The molecule has 84 valence electrons. The summed E-state index contributed by atoms with van der Waals surface area (Å²) in [6.07, 6.45) is 1.17. The number of carboxylic acids is 1. The van der Waals surface area contributed by atoms with E-state index in [1.807, 2.05) is 30.3 Å². The molecule has 0 saturated carbocycles. The van der Waals surface area contributed by atoms with Crippen molar-refractivity contribution in [1.29, 1.82) is 0 Å². The zero-order valence-corrected chi connectivity index (χ0v) is 8.78. The minimum absolute atomic E-state index is 0.101. The van der Waals surface area contributed by atoms with Gasteiger partial charge in [-0.25, -0.2) is 0 Å². The molecule has 1 atom stereocenters. The Morgan fingerprint density at radius 2 is 2.12 bits per heavy atom. The van der Waals surface area contributed by atoms with Crippen LogP contribution in [0.3, 0.4) is 0 Å². The third-order valence-electron chi connectivity index (χ3n) is 2.24. The van der Waals surface area contributed by atoms with Crippen LogP contribution >= 0.6 is 0 Å². The number of rotatable bonds is 6. The van der Waals surface area contributed by atoms with Gasteiger partial charge < -0.3 is 5.11 Å². The second kappa shape index (κ2) is 6.48. The molecule has 0 heterocycles. The lowest BCUT2D eigenvalue weighted by molar-refractivity contribution is -0.137. The SMILES string of the molecule is [N-]=[N+]=N[C@H](CCCC(=O)O)c1ccccc1. The molecule has 5 nitrogen and oxygen atoms in total. The van der Waals surface area contributed by atoms with Gasteiger partial charge in [-0.05, 0) is 23.9 Å². The van der Waals surface area contributed by atoms with Crippen molar-refractivity contribution in [2.45, 2.75) is 25.3 Å². The van der Waals surface area contributed by atoms with Gasteiger partial charge in [0.25, 0.3) is 0 Å². The second-order valence-corrected chi connectivity index (χ2v) is 3.42. The molecule has 5 heteroatoms. The topological polar surface area (TPSA) is 86.1 Å². The average molecular weight is 219 g/mol. The fraction of sp³-hybridized carbons (Fsp3) is 0.364. The van der Waals surface area contributed by atoms with Crippen LogP contribution in [0.1, 0.15) is 30.9 Å². The first-order chi connectivity index (χ1) is 7.74. The van der Waals surface area contributed by atoms with Gasteiger partial charge in [0.15, 0.2) is 0 Å². The summed E-state index contributed by atoms with van der Waals surface area (Å²) in [5, 5.41) is 12.2. The van der Waals surface area contributed by atoms with Crippen molar-refractivity contribution in [3.8, 4) is 0 Å². The van der Waals surface area contributed by atoms with Crippen LogP contribution in [-0.4, -0.2) is 11.1 Å². The average Bonchev–Trinajstić information content (AvgIpc) is 2.29. The molecule has 0 saturated heterocycles. The van der Waals surface area contributed by atoms with Gasteiger partial charge in [-0.2, -0.15) is 0 Å². The van der Waals surface area contributed by atoms with E-state index in [9.17, 15) is 4.79 Å². The van der Waals surface area contributed by atoms with Crippen molar-refractivity contribution < 1.29 is 9.90 Å². The predicted molar refractivity (Wildman–Crippen MR) is 59.8 cm³/mol. The zero-order valence-electron chi connectivity index (χ0n) is 8.78. The standard InChI is InChI=1S/C11H13N3O2/c12-14-13-10(7-4-8-11(15)16)9-5-2-1-3-6-9/h1-3,5-6,10H,4,7-8H2,(H,15,16)/t10-/m1/s1. The van der Waals surface area contributed by atoms with Gasteiger partial charge in [-0.3, -0.25) is 4.79 Å². The zero-order chi connectivity index (χ0) is 11.8. The van der Waals surface area contributed by atoms with Gasteiger partial charge in [0.1, 0.15) is 0 Å². The first kappa shape index (κ1) is 12.1. The van der Waals surface area contributed by atoms with Crippen LogP contribution in [0.5, 0.6) is 0 Å². The highest BCUT2D eigenvalue weighted by Gasteiger charge is 2.09. The normalized spacial score (nSPS) is 11.5. The molecule has 0 aromatic heterocycles. The van der Waals surface area contributed by atoms with Crippen LogP contribution in [-0.2, 0) is 4.79 Å². The molecular formula is C11H13N3O2. The molecule has 0 aliphatic heterocycles. The van der Waals surface area contributed by atoms with Crippen LogP contribution in [0.15, 0.2) is 35.4 Å². The minimum atomic E-state index is -0.826. The van der Waals surface area contributed by atoms with E-state index >= 15 is 0 Å². The van der Waals surface area contributed by atoms with Crippen LogP contribution < -0.4 is 0 Å². The molecule has 1 rings (SSSR count). The molecule has 0 spiro atoms. The highest BCUT2D eigenvalue weighted by Crippen LogP contribution is 2.23. The fourth-order valence-corrected chi connectivity index (χ4v) is 1.48. The Bertz CT molecular complexity index is 385. The summed E-state index contributed by atoms with van der Waals surface area (Å²) in [6, 6.07) is 9.10. The molecule has 0 amide bonds. The second-order valence-electron chi connectivity index (χ2n) is 3.42. The Morgan fingerprint density at radius 1 is 1.44 bits per heavy atom. The van der Waals surface area contributed by atoms with E-state index in [1.54, 1.807) is 0 Å². The molecule has 1 N–H and O–H groups in total. The number of aliphatic carboxylic acids is 1. The van der Waals surface area contributed by atoms with Gasteiger partial charge in [-0.15, -0.1) is 0 Å². The van der Waals surface area contributed by atoms with E-state index < -0.39 is 5.97 Å². The number of hydrogen-bond acceptors (Lipinski definition) is 2. The van der Waals surface area contributed by atoms with E-state index in [2.05, 4.69) is 10.0 Å². The molecular weight excluding hydrogens is 206 g/mol. The van der Waals surface area contributed by atoms with Gasteiger partial charge >= 0.3 is 5.97 Å². The predicted octanol–water partition coefficient (Wildman–Crippen LogP) is 3.29. The van der Waals surface area contributed by atoms with Crippen LogP contribution in [0, 0.1) is 0 Å². The highest BCUT2D eigenvalue weighted by molar-refractivity contribution is 5.66. The quantitative estimate of drug-likeness (QED) is 0.452. The maximum absolute atomic E-state index is 10.4. The molecule has 1 aromatic carbocycles. The summed E-state index contributed by atoms with van der Waals surface area (Å²) >= 11 is 0. The molecule has 16 heavy (non-hydrogen) atoms. The first-order valence-electron chi connectivity index (χ1n) is 5.05. The van der Waals surface area contributed by atoms with Crippen molar-refractivity contribution in [1.82, 2.24) is 0 Å². The summed E-state index contributed by atoms with van der Waals surface area (Å²) in [5.74, 6) is -0.826. The van der Waals surface area contributed by atoms with Crippen molar-refractivity contribution in [2.75, 3.05) is 0 Å². The third kappa shape index (κ3) is 4.02. The lowest BCUT2D eigenvalue weighted by Crippen LogP contribution is -1.98. The Morgan fingerprint density at radius 3 is 2.69 bits per heavy atom. The Hall–Kier alpha value is -2.00. The molecule has 0 aliphatic rings. The lowest BCUT2D eigenvalue weighted by Gasteiger charge is -2.10. The monoisotopic (exact) mass is 219 g/mol. The van der Waals surface area contributed by atoms with E-state index in [0.29, 0.717) is 12.8 Å². The molecule has 0 aliphatic carbocycles. The smallest absolute Gasteiger partial charge is 0.303 e. The lowest BCUT2D eigenvalue weighted by atomic mass is 10.0. The Balaban J connectivity index is 2.62. The van der Waals surface area contributed by atoms with Gasteiger partial charge in [-0.1, -0.05) is 35.4 Å². The number of nitrogens with zero attached hydrogens (tertiary/aromatic N) is 3. The summed E-state index contributed by atoms with van der Waals surface area (Å²) in [4.78, 5) is 13.2. The van der Waals surface area contributed by atoms with Crippen molar-refractivity contribution in [2.24, 2.45) is 5.11 Å². The number of carbonyl (C=O) groups is 1. The number of hydrogen-bond donors (Lipinski definition) is 1. The molecule has 1 aromatic rings. The van der Waals surface area contributed by atoms with E-state index in [4.69, 9.17) is 10.6 Å². The number of carboxylic acid groups (broad SMARTS) is 1. The number of azide groups is 1. The summed E-state index contributed by atoms with van der Waals surface area (Å²) in [7, 11) is 0. The van der Waals surface area contributed by atoms with Gasteiger partial charge in [0.05, 0.1) is 6.04 Å². The van der Waals surface area contributed by atoms with E-state index in [-0.39, 0.29) is 12.5 Å². The van der Waals surface area contributed by atoms with Crippen molar-refractivity contribution in [3.05, 3.63) is 46.3 Å². The largest absolute Gasteiger partial charge is 0.481 e. The highest BCUT2D eigenvalue weighted by atomic mass is 16.4.